The fourth-order valence-corrected chi connectivity index (χ4v) is 2.50. The summed E-state index contributed by atoms with van der Waals surface area (Å²) in [7, 11) is 0. The molecule has 1 aromatic heterocycles. The SMILES string of the molecule is N#Cc1ccc(NC(=O)COC(=O)Cc2noc3ccccc23)cc1Cl. The average Bonchev–Trinajstić information content (AvgIpc) is 3.03. The van der Waals surface area contributed by atoms with Gasteiger partial charge in [-0.25, -0.2) is 0 Å². The molecule has 26 heavy (non-hydrogen) atoms. The Balaban J connectivity index is 1.53. The number of amides is 1. The van der Waals surface area contributed by atoms with Crippen molar-refractivity contribution < 1.29 is 18.8 Å². The second-order valence-corrected chi connectivity index (χ2v) is 5.72. The Morgan fingerprint density at radius 2 is 2.08 bits per heavy atom. The van der Waals surface area contributed by atoms with Gasteiger partial charge in [-0.05, 0) is 30.3 Å². The number of halogens is 1. The molecule has 0 saturated heterocycles. The van der Waals surface area contributed by atoms with Crippen LogP contribution in [0.25, 0.3) is 11.0 Å². The summed E-state index contributed by atoms with van der Waals surface area (Å²) in [5.74, 6) is -1.12. The van der Waals surface area contributed by atoms with Crippen molar-refractivity contribution in [3.63, 3.8) is 0 Å². The van der Waals surface area contributed by atoms with Crippen LogP contribution in [-0.4, -0.2) is 23.6 Å². The quantitative estimate of drug-likeness (QED) is 0.693. The van der Waals surface area contributed by atoms with Crippen molar-refractivity contribution in [2.24, 2.45) is 0 Å². The van der Waals surface area contributed by atoms with E-state index in [1.54, 1.807) is 18.2 Å². The monoisotopic (exact) mass is 369 g/mol. The van der Waals surface area contributed by atoms with Crippen molar-refractivity contribution >= 4 is 40.1 Å². The van der Waals surface area contributed by atoms with Crippen LogP contribution >= 0.6 is 11.6 Å². The average molecular weight is 370 g/mol. The van der Waals surface area contributed by atoms with Crippen LogP contribution < -0.4 is 5.32 Å². The molecule has 130 valence electrons. The minimum absolute atomic E-state index is 0.104. The first-order valence-corrected chi connectivity index (χ1v) is 7.93. The maximum absolute atomic E-state index is 11.9. The molecule has 1 heterocycles. The van der Waals surface area contributed by atoms with Gasteiger partial charge in [0, 0.05) is 11.1 Å². The van der Waals surface area contributed by atoms with Crippen molar-refractivity contribution in [2.75, 3.05) is 11.9 Å². The lowest BCUT2D eigenvalue weighted by atomic mass is 10.2. The van der Waals surface area contributed by atoms with Crippen LogP contribution in [0.15, 0.2) is 47.0 Å². The molecular formula is C18H12ClN3O4. The molecule has 0 atom stereocenters. The third-order valence-corrected chi connectivity index (χ3v) is 3.81. The zero-order valence-corrected chi connectivity index (χ0v) is 14.1. The number of hydrogen-bond donors (Lipinski definition) is 1. The van der Waals surface area contributed by atoms with Crippen molar-refractivity contribution in [3.8, 4) is 6.07 Å². The Hall–Kier alpha value is -3.37. The van der Waals surface area contributed by atoms with E-state index in [1.165, 1.54) is 18.2 Å². The Labute approximate surface area is 153 Å². The highest BCUT2D eigenvalue weighted by molar-refractivity contribution is 6.32. The molecule has 0 fully saturated rings. The Morgan fingerprint density at radius 3 is 2.85 bits per heavy atom. The lowest BCUT2D eigenvalue weighted by Gasteiger charge is -2.07. The number of ether oxygens (including phenoxy) is 1. The number of carbonyl (C=O) groups is 2. The second kappa shape index (κ2) is 7.68. The van der Waals surface area contributed by atoms with Gasteiger partial charge in [0.15, 0.2) is 12.2 Å². The summed E-state index contributed by atoms with van der Waals surface area (Å²) in [6.45, 7) is -0.452. The number of fused-ring (bicyclic) bond motifs is 1. The van der Waals surface area contributed by atoms with E-state index in [0.717, 1.165) is 5.39 Å². The molecule has 2 aromatic carbocycles. The molecule has 7 nitrogen and oxygen atoms in total. The van der Waals surface area contributed by atoms with Crippen LogP contribution in [-0.2, 0) is 20.7 Å². The first-order valence-electron chi connectivity index (χ1n) is 7.55. The largest absolute Gasteiger partial charge is 0.455 e. The predicted molar refractivity (Wildman–Crippen MR) is 93.5 cm³/mol. The number of anilines is 1. The minimum Gasteiger partial charge on any atom is -0.455 e. The molecule has 3 rings (SSSR count). The molecule has 0 unspecified atom stereocenters. The number of para-hydroxylation sites is 1. The van der Waals surface area contributed by atoms with Gasteiger partial charge in [-0.1, -0.05) is 28.9 Å². The van der Waals surface area contributed by atoms with Crippen LogP contribution in [0.2, 0.25) is 5.02 Å². The Morgan fingerprint density at radius 1 is 1.27 bits per heavy atom. The zero-order chi connectivity index (χ0) is 18.5. The van der Waals surface area contributed by atoms with E-state index in [9.17, 15) is 9.59 Å². The normalized spacial score (nSPS) is 10.3. The molecule has 0 spiro atoms. The summed E-state index contributed by atoms with van der Waals surface area (Å²) in [5.41, 5.74) is 1.73. The van der Waals surface area contributed by atoms with E-state index < -0.39 is 18.5 Å². The highest BCUT2D eigenvalue weighted by atomic mass is 35.5. The molecule has 0 aliphatic carbocycles. The van der Waals surface area contributed by atoms with Gasteiger partial charge in [0.1, 0.15) is 11.8 Å². The number of nitrogens with zero attached hydrogens (tertiary/aromatic N) is 2. The van der Waals surface area contributed by atoms with Crippen LogP contribution in [0, 0.1) is 11.3 Å². The molecule has 0 saturated carbocycles. The topological polar surface area (TPSA) is 105 Å². The van der Waals surface area contributed by atoms with E-state index in [4.69, 9.17) is 26.1 Å². The van der Waals surface area contributed by atoms with Gasteiger partial charge in [-0.2, -0.15) is 5.26 Å². The number of benzene rings is 2. The lowest BCUT2D eigenvalue weighted by Crippen LogP contribution is -2.21. The Kier molecular flexibility index (Phi) is 5.15. The fraction of sp³-hybridized carbons (Fsp3) is 0.111. The van der Waals surface area contributed by atoms with Gasteiger partial charge in [0.05, 0.1) is 17.0 Å². The highest BCUT2D eigenvalue weighted by Crippen LogP contribution is 2.20. The molecule has 0 aliphatic rings. The minimum atomic E-state index is -0.600. The van der Waals surface area contributed by atoms with E-state index >= 15 is 0 Å². The van der Waals surface area contributed by atoms with Crippen molar-refractivity contribution in [1.29, 1.82) is 5.26 Å². The standard InChI is InChI=1S/C18H12ClN3O4/c19-14-7-12(6-5-11(14)9-20)21-17(23)10-25-18(24)8-15-13-3-1-2-4-16(13)26-22-15/h1-7H,8,10H2,(H,21,23). The Bertz CT molecular complexity index is 1020. The van der Waals surface area contributed by atoms with Gasteiger partial charge in [-0.15, -0.1) is 0 Å². The van der Waals surface area contributed by atoms with Gasteiger partial charge in [0.25, 0.3) is 5.91 Å². The smallest absolute Gasteiger partial charge is 0.312 e. The maximum Gasteiger partial charge on any atom is 0.312 e. The van der Waals surface area contributed by atoms with Crippen LogP contribution in [0.4, 0.5) is 5.69 Å². The van der Waals surface area contributed by atoms with Gasteiger partial charge in [0.2, 0.25) is 0 Å². The number of aromatic nitrogens is 1. The summed E-state index contributed by atoms with van der Waals surface area (Å²) in [4.78, 5) is 23.8. The van der Waals surface area contributed by atoms with E-state index in [0.29, 0.717) is 22.5 Å². The summed E-state index contributed by atoms with van der Waals surface area (Å²) >= 11 is 5.89. The summed E-state index contributed by atoms with van der Waals surface area (Å²) < 4.78 is 10.1. The number of nitrogens with one attached hydrogen (secondary N) is 1. The number of esters is 1. The van der Waals surface area contributed by atoms with Crippen molar-refractivity contribution in [3.05, 3.63) is 58.7 Å². The third kappa shape index (κ3) is 3.99. The van der Waals surface area contributed by atoms with Crippen LogP contribution in [0.3, 0.4) is 0 Å². The molecule has 0 radical (unpaired) electrons. The molecular weight excluding hydrogens is 358 g/mol. The lowest BCUT2D eigenvalue weighted by molar-refractivity contribution is -0.146. The summed E-state index contributed by atoms with van der Waals surface area (Å²) in [6, 6.07) is 13.5. The molecule has 0 bridgehead atoms. The molecule has 1 amide bonds. The predicted octanol–water partition coefficient (Wildman–Crippen LogP) is 3.08. The summed E-state index contributed by atoms with van der Waals surface area (Å²) in [5, 5.41) is 16.1. The highest BCUT2D eigenvalue weighted by Gasteiger charge is 2.14. The van der Waals surface area contributed by atoms with Crippen LogP contribution in [0.5, 0.6) is 0 Å². The molecule has 3 aromatic rings. The molecule has 0 aliphatic heterocycles. The van der Waals surface area contributed by atoms with E-state index in [2.05, 4.69) is 10.5 Å². The number of carbonyl (C=O) groups excluding carboxylic acids is 2. The third-order valence-electron chi connectivity index (χ3n) is 3.50. The van der Waals surface area contributed by atoms with E-state index in [-0.39, 0.29) is 11.4 Å². The molecule has 1 N–H and O–H groups in total. The van der Waals surface area contributed by atoms with E-state index in [1.807, 2.05) is 12.1 Å². The van der Waals surface area contributed by atoms with Crippen molar-refractivity contribution in [2.45, 2.75) is 6.42 Å². The summed E-state index contributed by atoms with van der Waals surface area (Å²) in [6.07, 6.45) is -0.104. The first kappa shape index (κ1) is 17.5. The first-order chi connectivity index (χ1) is 12.6. The number of nitriles is 1. The van der Waals surface area contributed by atoms with Crippen molar-refractivity contribution in [1.82, 2.24) is 5.16 Å². The van der Waals surface area contributed by atoms with Gasteiger partial charge < -0.3 is 14.6 Å². The van der Waals surface area contributed by atoms with Gasteiger partial charge in [-0.3, -0.25) is 9.59 Å². The number of hydrogen-bond acceptors (Lipinski definition) is 6. The fourth-order valence-electron chi connectivity index (χ4n) is 2.28. The molecule has 8 heteroatoms. The van der Waals surface area contributed by atoms with Gasteiger partial charge >= 0.3 is 5.97 Å². The maximum atomic E-state index is 11.9. The second-order valence-electron chi connectivity index (χ2n) is 5.32. The van der Waals surface area contributed by atoms with Crippen LogP contribution in [0.1, 0.15) is 11.3 Å². The number of rotatable bonds is 5. The zero-order valence-electron chi connectivity index (χ0n) is 13.4.